The number of nitrogens with one attached hydrogen (secondary N) is 5. The zero-order valence-electron chi connectivity index (χ0n) is 26.6. The number of alkyl carbamates (subject to hydrolysis) is 1. The molecule has 260 valence electrons. The molecule has 0 fully saturated rings. The fourth-order valence-electron chi connectivity index (χ4n) is 3.74. The Balaban J connectivity index is 1.69. The van der Waals surface area contributed by atoms with Gasteiger partial charge in [-0.2, -0.15) is 0 Å². The first-order valence-electron chi connectivity index (χ1n) is 15.3. The maximum atomic E-state index is 12.7. The smallest absolute Gasteiger partial charge is 0.407 e. The van der Waals surface area contributed by atoms with Crippen molar-refractivity contribution in [2.24, 2.45) is 11.5 Å². The first-order chi connectivity index (χ1) is 22.9. The van der Waals surface area contributed by atoms with Crippen LogP contribution in [0.5, 0.6) is 0 Å². The Kier molecular flexibility index (Phi) is 20.6. The van der Waals surface area contributed by atoms with Gasteiger partial charge in [-0.3, -0.25) is 9.59 Å². The van der Waals surface area contributed by atoms with E-state index in [9.17, 15) is 19.2 Å². The van der Waals surface area contributed by atoms with Gasteiger partial charge in [0.1, 0.15) is 6.61 Å². The van der Waals surface area contributed by atoms with Gasteiger partial charge in [-0.15, -0.1) is 0 Å². The number of urea groups is 1. The van der Waals surface area contributed by atoms with Crippen molar-refractivity contribution in [2.45, 2.75) is 6.61 Å². The highest BCUT2D eigenvalue weighted by Gasteiger charge is 2.14. The van der Waals surface area contributed by atoms with Crippen molar-refractivity contribution in [3.8, 4) is 0 Å². The van der Waals surface area contributed by atoms with E-state index >= 15 is 0 Å². The molecule has 0 aliphatic carbocycles. The Morgan fingerprint density at radius 3 is 1.60 bits per heavy atom. The maximum absolute atomic E-state index is 12.7. The average Bonchev–Trinajstić information content (AvgIpc) is 3.08. The van der Waals surface area contributed by atoms with Gasteiger partial charge in [0.25, 0.3) is 11.8 Å². The molecule has 0 bridgehead atoms. The molecule has 16 heteroatoms. The van der Waals surface area contributed by atoms with Gasteiger partial charge < -0.3 is 61.7 Å². The molecule has 5 amide bonds. The molecule has 2 aromatic carbocycles. The van der Waals surface area contributed by atoms with Gasteiger partial charge in [0.05, 0.1) is 52.9 Å². The van der Waals surface area contributed by atoms with Crippen molar-refractivity contribution in [3.05, 3.63) is 65.2 Å². The Morgan fingerprint density at radius 1 is 0.574 bits per heavy atom. The molecule has 2 aromatic rings. The molecule has 0 unspecified atom stereocenters. The molecule has 0 saturated carbocycles. The molecule has 0 saturated heterocycles. The summed E-state index contributed by atoms with van der Waals surface area (Å²) in [5.74, 6) is -0.889. The topological polar surface area (TPSA) is 227 Å². The molecule has 0 radical (unpaired) electrons. The lowest BCUT2D eigenvalue weighted by molar-refractivity contribution is 0.0498. The summed E-state index contributed by atoms with van der Waals surface area (Å²) in [6, 6.07) is 13.2. The maximum Gasteiger partial charge on any atom is 0.407 e. The van der Waals surface area contributed by atoms with Crippen LogP contribution in [0.1, 0.15) is 26.3 Å². The summed E-state index contributed by atoms with van der Waals surface area (Å²) in [5.41, 5.74) is 12.3. The van der Waals surface area contributed by atoms with Crippen LogP contribution in [0.2, 0.25) is 0 Å². The SMILES string of the molecule is NCCOCCNC(=O)c1cc(NC(=O)NCCOCCOCCNC(=O)OCc2ccccc2)cc(C(=O)NCCOCCN)c1. The van der Waals surface area contributed by atoms with Crippen LogP contribution in [0, 0.1) is 0 Å². The van der Waals surface area contributed by atoms with Crippen LogP contribution in [0.3, 0.4) is 0 Å². The van der Waals surface area contributed by atoms with Gasteiger partial charge in [-0.25, -0.2) is 9.59 Å². The third-order valence-electron chi connectivity index (χ3n) is 5.94. The van der Waals surface area contributed by atoms with E-state index in [-0.39, 0.29) is 82.6 Å². The highest BCUT2D eigenvalue weighted by molar-refractivity contribution is 6.02. The number of hydrogen-bond acceptors (Lipinski definition) is 11. The van der Waals surface area contributed by atoms with Crippen molar-refractivity contribution in [1.82, 2.24) is 21.3 Å². The first-order valence-corrected chi connectivity index (χ1v) is 15.3. The molecular formula is C31H47N7O9. The van der Waals surface area contributed by atoms with Crippen molar-refractivity contribution < 1.29 is 42.9 Å². The van der Waals surface area contributed by atoms with Gasteiger partial charge >= 0.3 is 12.1 Å². The van der Waals surface area contributed by atoms with Crippen LogP contribution in [-0.4, -0.2) is 116 Å². The normalized spacial score (nSPS) is 10.6. The second kappa shape index (κ2) is 24.9. The average molecular weight is 662 g/mol. The zero-order valence-corrected chi connectivity index (χ0v) is 26.6. The van der Waals surface area contributed by atoms with E-state index in [2.05, 4.69) is 26.6 Å². The highest BCUT2D eigenvalue weighted by atomic mass is 16.6. The number of carbonyl (C=O) groups is 4. The van der Waals surface area contributed by atoms with E-state index in [1.54, 1.807) is 0 Å². The lowest BCUT2D eigenvalue weighted by atomic mass is 10.1. The van der Waals surface area contributed by atoms with Crippen LogP contribution in [0.4, 0.5) is 15.3 Å². The van der Waals surface area contributed by atoms with E-state index in [4.69, 9.17) is 35.2 Å². The van der Waals surface area contributed by atoms with Crippen molar-refractivity contribution in [2.75, 3.05) is 97.4 Å². The summed E-state index contributed by atoms with van der Waals surface area (Å²) >= 11 is 0. The summed E-state index contributed by atoms with van der Waals surface area (Å²) in [4.78, 5) is 49.7. The van der Waals surface area contributed by atoms with Crippen LogP contribution >= 0.6 is 0 Å². The van der Waals surface area contributed by atoms with Gasteiger partial charge in [0.2, 0.25) is 0 Å². The summed E-state index contributed by atoms with van der Waals surface area (Å²) in [5, 5.41) is 13.3. The van der Waals surface area contributed by atoms with E-state index in [0.29, 0.717) is 32.9 Å². The Bertz CT molecular complexity index is 1160. The van der Waals surface area contributed by atoms with E-state index in [1.165, 1.54) is 18.2 Å². The van der Waals surface area contributed by atoms with Crippen molar-refractivity contribution >= 4 is 29.6 Å². The third-order valence-corrected chi connectivity index (χ3v) is 5.94. The Labute approximate surface area is 274 Å². The number of hydrogen-bond donors (Lipinski definition) is 7. The summed E-state index contributed by atoms with van der Waals surface area (Å²) in [6.45, 7) is 4.26. The molecule has 0 atom stereocenters. The van der Waals surface area contributed by atoms with E-state index < -0.39 is 23.9 Å². The lowest BCUT2D eigenvalue weighted by Crippen LogP contribution is -2.33. The molecule has 0 aliphatic heterocycles. The fourth-order valence-corrected chi connectivity index (χ4v) is 3.74. The standard InChI is InChI=1S/C31H47N7O9/c32-6-12-43-14-8-34-28(39)25-20-26(29(40)35-9-15-44-13-7-33)22-27(21-25)38-30(41)36-10-16-45-18-19-46-17-11-37-31(42)47-23-24-4-2-1-3-5-24/h1-5,20-22H,6-19,23,32-33H2,(H,34,39)(H,35,40)(H,37,42)(H2,36,38,41). The third kappa shape index (κ3) is 18.4. The number of amides is 5. The van der Waals surface area contributed by atoms with E-state index in [1.807, 2.05) is 30.3 Å². The van der Waals surface area contributed by atoms with Crippen molar-refractivity contribution in [1.29, 1.82) is 0 Å². The van der Waals surface area contributed by atoms with Gasteiger partial charge in [-0.05, 0) is 23.8 Å². The molecular weight excluding hydrogens is 614 g/mol. The van der Waals surface area contributed by atoms with Gasteiger partial charge in [-0.1, -0.05) is 30.3 Å². The monoisotopic (exact) mass is 661 g/mol. The summed E-state index contributed by atoms with van der Waals surface area (Å²) in [7, 11) is 0. The van der Waals surface area contributed by atoms with Crippen molar-refractivity contribution in [3.63, 3.8) is 0 Å². The summed E-state index contributed by atoms with van der Waals surface area (Å²) in [6.07, 6.45) is -0.527. The second-order valence-electron chi connectivity index (χ2n) is 9.71. The van der Waals surface area contributed by atoms with Crippen LogP contribution < -0.4 is 38.1 Å². The predicted molar refractivity (Wildman–Crippen MR) is 174 cm³/mol. The minimum absolute atomic E-state index is 0.175. The van der Waals surface area contributed by atoms with E-state index in [0.717, 1.165) is 5.56 Å². The molecule has 0 aliphatic rings. The van der Waals surface area contributed by atoms with Crippen LogP contribution in [0.15, 0.2) is 48.5 Å². The minimum atomic E-state index is -0.552. The minimum Gasteiger partial charge on any atom is -0.445 e. The number of anilines is 1. The molecule has 0 spiro atoms. The van der Waals surface area contributed by atoms with Crippen LogP contribution in [0.25, 0.3) is 0 Å². The van der Waals surface area contributed by atoms with Gasteiger partial charge in [0.15, 0.2) is 0 Å². The molecule has 47 heavy (non-hydrogen) atoms. The largest absolute Gasteiger partial charge is 0.445 e. The van der Waals surface area contributed by atoms with Crippen LogP contribution in [-0.2, 0) is 30.3 Å². The molecule has 16 nitrogen and oxygen atoms in total. The lowest BCUT2D eigenvalue weighted by Gasteiger charge is -2.13. The fraction of sp³-hybridized carbons (Fsp3) is 0.484. The quantitative estimate of drug-likeness (QED) is 0.0751. The highest BCUT2D eigenvalue weighted by Crippen LogP contribution is 2.16. The second-order valence-corrected chi connectivity index (χ2v) is 9.71. The number of benzene rings is 2. The van der Waals surface area contributed by atoms with Gasteiger partial charge in [0, 0.05) is 56.1 Å². The number of ether oxygens (including phenoxy) is 5. The molecule has 9 N–H and O–H groups in total. The molecule has 0 heterocycles. The zero-order chi connectivity index (χ0) is 34.0. The Morgan fingerprint density at radius 2 is 1.06 bits per heavy atom. The number of rotatable bonds is 24. The number of carbonyl (C=O) groups excluding carboxylic acids is 4. The summed E-state index contributed by atoms with van der Waals surface area (Å²) < 4.78 is 26.5. The Hall–Kier alpha value is -4.32. The molecule has 0 aromatic heterocycles. The number of nitrogens with two attached hydrogens (primary N) is 2. The first kappa shape index (κ1) is 38.9. The predicted octanol–water partition coefficient (Wildman–Crippen LogP) is 0.178. The molecule has 2 rings (SSSR count).